The van der Waals surface area contributed by atoms with Crippen LogP contribution in [0.3, 0.4) is 0 Å². The topological polar surface area (TPSA) is 84.5 Å². The Morgan fingerprint density at radius 2 is 2.12 bits per heavy atom. The molecule has 5 nitrogen and oxygen atoms in total. The van der Waals surface area contributed by atoms with Crippen molar-refractivity contribution in [1.82, 2.24) is 15.3 Å². The van der Waals surface area contributed by atoms with Crippen molar-refractivity contribution in [2.75, 3.05) is 6.54 Å². The molecule has 0 unspecified atom stereocenters. The van der Waals surface area contributed by atoms with E-state index in [1.807, 2.05) is 6.07 Å². The largest absolute Gasteiger partial charge is 0.370 e. The highest BCUT2D eigenvalue weighted by Gasteiger charge is 2.03. The van der Waals surface area contributed by atoms with Crippen molar-refractivity contribution in [3.63, 3.8) is 0 Å². The van der Waals surface area contributed by atoms with E-state index in [1.165, 1.54) is 0 Å². The number of aromatic nitrogens is 2. The predicted molar refractivity (Wildman–Crippen MR) is 68.7 cm³/mol. The van der Waals surface area contributed by atoms with E-state index < -0.39 is 0 Å². The molecule has 0 aliphatic carbocycles. The van der Waals surface area contributed by atoms with Gasteiger partial charge in [0, 0.05) is 12.1 Å². The van der Waals surface area contributed by atoms with E-state index >= 15 is 0 Å². The Hall–Kier alpha value is -2.04. The number of benzene rings is 1. The minimum atomic E-state index is -0.220. The van der Waals surface area contributed by atoms with E-state index in [0.717, 1.165) is 36.0 Å². The molecule has 0 amide bonds. The monoisotopic (exact) mass is 232 g/mol. The van der Waals surface area contributed by atoms with Gasteiger partial charge in [-0.3, -0.25) is 5.41 Å². The summed E-state index contributed by atoms with van der Waals surface area (Å²) in [5, 5.41) is 10.9. The Morgan fingerprint density at radius 1 is 1.35 bits per heavy atom. The average molecular weight is 232 g/mol. The Kier molecular flexibility index (Phi) is 3.27. The lowest BCUT2D eigenvalue weighted by atomic mass is 10.2. The van der Waals surface area contributed by atoms with Gasteiger partial charge in [0.25, 0.3) is 0 Å². The predicted octanol–water partition coefficient (Wildman–Crippen LogP) is 1.57. The van der Waals surface area contributed by atoms with E-state index in [1.54, 1.807) is 12.1 Å². The maximum absolute atomic E-state index is 11.1. The first-order valence-corrected chi connectivity index (χ1v) is 5.75. The van der Waals surface area contributed by atoms with Crippen LogP contribution >= 0.6 is 0 Å². The van der Waals surface area contributed by atoms with E-state index in [0.29, 0.717) is 5.84 Å². The summed E-state index contributed by atoms with van der Waals surface area (Å²) in [6, 6.07) is 5.43. The number of imidazole rings is 1. The fourth-order valence-electron chi connectivity index (χ4n) is 1.68. The lowest BCUT2D eigenvalue weighted by molar-refractivity contribution is 0.753. The fourth-order valence-corrected chi connectivity index (χ4v) is 1.68. The summed E-state index contributed by atoms with van der Waals surface area (Å²) in [7, 11) is 0. The van der Waals surface area contributed by atoms with E-state index in [9.17, 15) is 4.79 Å². The average Bonchev–Trinajstić information content (AvgIpc) is 2.68. The van der Waals surface area contributed by atoms with Gasteiger partial charge >= 0.3 is 5.69 Å². The van der Waals surface area contributed by atoms with Crippen LogP contribution in [0.15, 0.2) is 23.0 Å². The molecule has 1 aromatic carbocycles. The smallest absolute Gasteiger partial charge is 0.323 e. The van der Waals surface area contributed by atoms with Crippen LogP contribution in [-0.2, 0) is 0 Å². The molecule has 0 radical (unpaired) electrons. The molecule has 17 heavy (non-hydrogen) atoms. The molecule has 2 aromatic rings. The van der Waals surface area contributed by atoms with Gasteiger partial charge in [-0.15, -0.1) is 0 Å². The molecular formula is C12H16N4O. The molecule has 0 fully saturated rings. The molecule has 1 heterocycles. The van der Waals surface area contributed by atoms with Crippen molar-refractivity contribution >= 4 is 16.9 Å². The molecule has 2 rings (SSSR count). The van der Waals surface area contributed by atoms with Crippen LogP contribution in [-0.4, -0.2) is 22.3 Å². The highest BCUT2D eigenvalue weighted by Crippen LogP contribution is 2.09. The minimum Gasteiger partial charge on any atom is -0.370 e. The van der Waals surface area contributed by atoms with Crippen molar-refractivity contribution in [3.05, 3.63) is 34.2 Å². The lowest BCUT2D eigenvalue weighted by Crippen LogP contribution is -2.24. The summed E-state index contributed by atoms with van der Waals surface area (Å²) in [5.74, 6) is 0.391. The van der Waals surface area contributed by atoms with Crippen LogP contribution < -0.4 is 11.0 Å². The summed E-state index contributed by atoms with van der Waals surface area (Å²) in [4.78, 5) is 16.5. The second kappa shape index (κ2) is 4.86. The normalized spacial score (nSPS) is 10.6. The maximum Gasteiger partial charge on any atom is 0.323 e. The second-order valence-electron chi connectivity index (χ2n) is 3.99. The van der Waals surface area contributed by atoms with Crippen molar-refractivity contribution in [2.24, 2.45) is 0 Å². The second-order valence-corrected chi connectivity index (χ2v) is 3.99. The number of unbranched alkanes of at least 4 members (excludes halogenated alkanes) is 1. The standard InChI is InChI=1S/C12H16N4O/c1-2-3-6-14-11(13)8-4-5-9-10(7-8)16-12(17)15-9/h4-5,7H,2-3,6H2,1H3,(H2,13,14)(H2,15,16,17). The molecule has 5 heteroatoms. The van der Waals surface area contributed by atoms with Crippen molar-refractivity contribution < 1.29 is 0 Å². The quantitative estimate of drug-likeness (QED) is 0.366. The van der Waals surface area contributed by atoms with Gasteiger partial charge in [0.15, 0.2) is 0 Å². The summed E-state index contributed by atoms with van der Waals surface area (Å²) >= 11 is 0. The molecule has 0 atom stereocenters. The number of aromatic amines is 2. The summed E-state index contributed by atoms with van der Waals surface area (Å²) < 4.78 is 0. The third-order valence-electron chi connectivity index (χ3n) is 2.64. The van der Waals surface area contributed by atoms with Gasteiger partial charge in [0.1, 0.15) is 5.84 Å². The molecule has 0 bridgehead atoms. The molecule has 90 valence electrons. The number of nitrogens with one attached hydrogen (secondary N) is 4. The van der Waals surface area contributed by atoms with E-state index in [-0.39, 0.29) is 5.69 Å². The number of fused-ring (bicyclic) bond motifs is 1. The molecular weight excluding hydrogens is 216 g/mol. The first-order valence-electron chi connectivity index (χ1n) is 5.75. The third kappa shape index (κ3) is 2.55. The Morgan fingerprint density at radius 3 is 2.88 bits per heavy atom. The Bertz CT molecular complexity index is 581. The van der Waals surface area contributed by atoms with Crippen LogP contribution in [0.4, 0.5) is 0 Å². The minimum absolute atomic E-state index is 0.220. The zero-order chi connectivity index (χ0) is 12.3. The van der Waals surface area contributed by atoms with Crippen molar-refractivity contribution in [1.29, 1.82) is 5.41 Å². The zero-order valence-electron chi connectivity index (χ0n) is 9.76. The summed E-state index contributed by atoms with van der Waals surface area (Å²) in [6.07, 6.45) is 2.15. The maximum atomic E-state index is 11.1. The first-order chi connectivity index (χ1) is 8.20. The van der Waals surface area contributed by atoms with E-state index in [2.05, 4.69) is 22.2 Å². The number of rotatable bonds is 4. The van der Waals surface area contributed by atoms with Gasteiger partial charge in [0.05, 0.1) is 11.0 Å². The van der Waals surface area contributed by atoms with Gasteiger partial charge in [-0.1, -0.05) is 13.3 Å². The van der Waals surface area contributed by atoms with Crippen molar-refractivity contribution in [2.45, 2.75) is 19.8 Å². The van der Waals surface area contributed by atoms with Gasteiger partial charge in [-0.05, 0) is 24.6 Å². The number of hydrogen-bond donors (Lipinski definition) is 4. The zero-order valence-corrected chi connectivity index (χ0v) is 9.76. The Balaban J connectivity index is 2.17. The Labute approximate surface area is 98.8 Å². The number of H-pyrrole nitrogens is 2. The van der Waals surface area contributed by atoms with E-state index in [4.69, 9.17) is 5.41 Å². The number of hydrogen-bond acceptors (Lipinski definition) is 2. The molecule has 0 aliphatic heterocycles. The molecule has 0 saturated heterocycles. The molecule has 0 aliphatic rings. The molecule has 0 saturated carbocycles. The highest BCUT2D eigenvalue weighted by atomic mass is 16.1. The fraction of sp³-hybridized carbons (Fsp3) is 0.333. The molecule has 0 spiro atoms. The number of amidine groups is 1. The SMILES string of the molecule is CCCCNC(=N)c1ccc2[nH]c(=O)[nH]c2c1. The van der Waals surface area contributed by atoms with Gasteiger partial charge in [-0.25, -0.2) is 4.79 Å². The van der Waals surface area contributed by atoms with Crippen LogP contribution in [0.1, 0.15) is 25.3 Å². The molecule has 1 aromatic heterocycles. The first kappa shape index (κ1) is 11.4. The lowest BCUT2D eigenvalue weighted by Gasteiger charge is -2.07. The van der Waals surface area contributed by atoms with Crippen LogP contribution in [0, 0.1) is 5.41 Å². The van der Waals surface area contributed by atoms with Crippen LogP contribution in [0.25, 0.3) is 11.0 Å². The molecule has 4 N–H and O–H groups in total. The van der Waals surface area contributed by atoms with Crippen molar-refractivity contribution in [3.8, 4) is 0 Å². The van der Waals surface area contributed by atoms with Gasteiger partial charge in [-0.2, -0.15) is 0 Å². The van der Waals surface area contributed by atoms with Crippen LogP contribution in [0.5, 0.6) is 0 Å². The summed E-state index contributed by atoms with van der Waals surface area (Å²) in [6.45, 7) is 2.92. The summed E-state index contributed by atoms with van der Waals surface area (Å²) in [5.41, 5.74) is 2.06. The van der Waals surface area contributed by atoms with Crippen LogP contribution in [0.2, 0.25) is 0 Å². The van der Waals surface area contributed by atoms with Gasteiger partial charge < -0.3 is 15.3 Å². The highest BCUT2D eigenvalue weighted by molar-refractivity contribution is 5.98. The van der Waals surface area contributed by atoms with Gasteiger partial charge in [0.2, 0.25) is 0 Å². The third-order valence-corrected chi connectivity index (χ3v) is 2.64.